The predicted octanol–water partition coefficient (Wildman–Crippen LogP) is 4.54. The van der Waals surface area contributed by atoms with Crippen LogP contribution in [0.1, 0.15) is 36.8 Å². The van der Waals surface area contributed by atoms with E-state index in [1.807, 2.05) is 49.5 Å². The van der Waals surface area contributed by atoms with Gasteiger partial charge < -0.3 is 5.32 Å². The molecule has 0 saturated carbocycles. The lowest BCUT2D eigenvalue weighted by atomic mass is 10.1. The van der Waals surface area contributed by atoms with Crippen molar-refractivity contribution in [2.45, 2.75) is 31.3 Å². The molecule has 1 aliphatic rings. The molecule has 0 aromatic heterocycles. The molecule has 4 heteroatoms. The van der Waals surface area contributed by atoms with Crippen LogP contribution in [0.25, 0.3) is 0 Å². The molecule has 104 valence electrons. The van der Waals surface area contributed by atoms with Gasteiger partial charge in [0.2, 0.25) is 5.91 Å². The maximum Gasteiger partial charge on any atom is 0.227 e. The minimum atomic E-state index is 0.0714. The third kappa shape index (κ3) is 4.18. The molecule has 1 aromatic carbocycles. The second-order valence-electron chi connectivity index (χ2n) is 4.85. The van der Waals surface area contributed by atoms with Gasteiger partial charge in [-0.2, -0.15) is 0 Å². The first-order valence-electron chi connectivity index (χ1n) is 6.84. The molecule has 1 unspecified atom stereocenters. The molecule has 0 radical (unpaired) electrons. The van der Waals surface area contributed by atoms with Crippen molar-refractivity contribution < 1.29 is 4.79 Å². The van der Waals surface area contributed by atoms with Crippen molar-refractivity contribution in [3.05, 3.63) is 29.8 Å². The highest BCUT2D eigenvalue weighted by Crippen LogP contribution is 2.44. The van der Waals surface area contributed by atoms with Crippen molar-refractivity contribution in [2.75, 3.05) is 16.8 Å². The molecule has 0 bridgehead atoms. The van der Waals surface area contributed by atoms with Gasteiger partial charge in [0.1, 0.15) is 0 Å². The zero-order valence-corrected chi connectivity index (χ0v) is 13.2. The fourth-order valence-electron chi connectivity index (χ4n) is 1.89. The van der Waals surface area contributed by atoms with E-state index >= 15 is 0 Å². The van der Waals surface area contributed by atoms with E-state index in [2.05, 4.69) is 17.4 Å². The number of benzene rings is 1. The molecule has 19 heavy (non-hydrogen) atoms. The largest absolute Gasteiger partial charge is 0.326 e. The van der Waals surface area contributed by atoms with Crippen LogP contribution in [0, 0.1) is 5.92 Å². The quantitative estimate of drug-likeness (QED) is 0.884. The van der Waals surface area contributed by atoms with Crippen LogP contribution in [0.3, 0.4) is 0 Å². The monoisotopic (exact) mass is 295 g/mol. The van der Waals surface area contributed by atoms with Crippen LogP contribution in [0.15, 0.2) is 24.3 Å². The lowest BCUT2D eigenvalue weighted by Gasteiger charge is -2.21. The number of carbonyl (C=O) groups excluding carboxylic acids is 1. The van der Waals surface area contributed by atoms with Crippen molar-refractivity contribution >= 4 is 35.1 Å². The maximum absolute atomic E-state index is 11.9. The number of rotatable bonds is 4. The minimum Gasteiger partial charge on any atom is -0.326 e. The van der Waals surface area contributed by atoms with Crippen LogP contribution in [0.4, 0.5) is 5.69 Å². The first kappa shape index (κ1) is 14.8. The van der Waals surface area contributed by atoms with Crippen LogP contribution in [0.5, 0.6) is 0 Å². The SMILES string of the molecule is CCC(C)C(=O)Nc1cccc(C2SCCCS2)c1. The van der Waals surface area contributed by atoms with Gasteiger partial charge in [-0.1, -0.05) is 26.0 Å². The lowest BCUT2D eigenvalue weighted by molar-refractivity contribution is -0.119. The van der Waals surface area contributed by atoms with Gasteiger partial charge in [-0.25, -0.2) is 0 Å². The Labute approximate surface area is 124 Å². The van der Waals surface area contributed by atoms with Crippen LogP contribution in [-0.2, 0) is 4.79 Å². The van der Waals surface area contributed by atoms with Crippen molar-refractivity contribution in [2.24, 2.45) is 5.92 Å². The molecular formula is C15H21NOS2. The molecule has 2 rings (SSSR count). The smallest absolute Gasteiger partial charge is 0.227 e. The molecule has 2 nitrogen and oxygen atoms in total. The topological polar surface area (TPSA) is 29.1 Å². The molecule has 1 aromatic rings. The van der Waals surface area contributed by atoms with Crippen molar-refractivity contribution in [3.63, 3.8) is 0 Å². The Morgan fingerprint density at radius 3 is 2.84 bits per heavy atom. The van der Waals surface area contributed by atoms with E-state index in [0.717, 1.165) is 12.1 Å². The molecule has 1 amide bonds. The number of hydrogen-bond acceptors (Lipinski definition) is 3. The Kier molecular flexibility index (Phi) is 5.64. The Hall–Kier alpha value is -0.610. The molecular weight excluding hydrogens is 274 g/mol. The number of hydrogen-bond donors (Lipinski definition) is 1. The molecule has 0 spiro atoms. The van der Waals surface area contributed by atoms with E-state index in [0.29, 0.717) is 4.58 Å². The second-order valence-corrected chi connectivity index (χ2v) is 7.58. The summed E-state index contributed by atoms with van der Waals surface area (Å²) >= 11 is 4.01. The summed E-state index contributed by atoms with van der Waals surface area (Å²) in [5, 5.41) is 3.01. The second kappa shape index (κ2) is 7.25. The summed E-state index contributed by atoms with van der Waals surface area (Å²) in [4.78, 5) is 11.9. The number of amides is 1. The summed E-state index contributed by atoms with van der Waals surface area (Å²) in [5.74, 6) is 2.66. The van der Waals surface area contributed by atoms with Crippen LogP contribution in [-0.4, -0.2) is 17.4 Å². The van der Waals surface area contributed by atoms with Gasteiger partial charge in [0.25, 0.3) is 0 Å². The average Bonchev–Trinajstić information content (AvgIpc) is 2.47. The Morgan fingerprint density at radius 1 is 1.42 bits per heavy atom. The Bertz CT molecular complexity index is 430. The Morgan fingerprint density at radius 2 is 2.16 bits per heavy atom. The molecule has 1 N–H and O–H groups in total. The summed E-state index contributed by atoms with van der Waals surface area (Å²) in [6.07, 6.45) is 2.18. The normalized spacial score (nSPS) is 18.0. The van der Waals surface area contributed by atoms with Crippen molar-refractivity contribution in [1.29, 1.82) is 0 Å². The van der Waals surface area contributed by atoms with E-state index < -0.39 is 0 Å². The molecule has 0 aliphatic carbocycles. The predicted molar refractivity (Wildman–Crippen MR) is 86.8 cm³/mol. The third-order valence-electron chi connectivity index (χ3n) is 3.31. The highest BCUT2D eigenvalue weighted by molar-refractivity contribution is 8.16. The fourth-order valence-corrected chi connectivity index (χ4v) is 4.77. The maximum atomic E-state index is 11.9. The fraction of sp³-hybridized carbons (Fsp3) is 0.533. The zero-order valence-electron chi connectivity index (χ0n) is 11.5. The number of carbonyl (C=O) groups is 1. The van der Waals surface area contributed by atoms with Gasteiger partial charge in [0.05, 0.1) is 4.58 Å². The van der Waals surface area contributed by atoms with Crippen LogP contribution < -0.4 is 5.32 Å². The van der Waals surface area contributed by atoms with Crippen LogP contribution >= 0.6 is 23.5 Å². The van der Waals surface area contributed by atoms with E-state index in [1.165, 1.54) is 23.5 Å². The first-order valence-corrected chi connectivity index (χ1v) is 8.94. The van der Waals surface area contributed by atoms with Gasteiger partial charge in [-0.15, -0.1) is 23.5 Å². The third-order valence-corrected chi connectivity index (χ3v) is 6.33. The summed E-state index contributed by atoms with van der Waals surface area (Å²) in [5.41, 5.74) is 2.24. The lowest BCUT2D eigenvalue weighted by Crippen LogP contribution is -2.19. The highest BCUT2D eigenvalue weighted by Gasteiger charge is 2.17. The van der Waals surface area contributed by atoms with Gasteiger partial charge in [-0.05, 0) is 42.0 Å². The summed E-state index contributed by atoms with van der Waals surface area (Å²) in [6, 6.07) is 8.30. The average molecular weight is 295 g/mol. The van der Waals surface area contributed by atoms with Gasteiger partial charge in [0.15, 0.2) is 0 Å². The van der Waals surface area contributed by atoms with E-state index in [4.69, 9.17) is 0 Å². The number of thioether (sulfide) groups is 2. The van der Waals surface area contributed by atoms with E-state index in [1.54, 1.807) is 0 Å². The summed E-state index contributed by atoms with van der Waals surface area (Å²) in [7, 11) is 0. The van der Waals surface area contributed by atoms with E-state index in [-0.39, 0.29) is 11.8 Å². The minimum absolute atomic E-state index is 0.0714. The van der Waals surface area contributed by atoms with Crippen LogP contribution in [0.2, 0.25) is 0 Å². The van der Waals surface area contributed by atoms with Gasteiger partial charge in [-0.3, -0.25) is 4.79 Å². The van der Waals surface area contributed by atoms with Gasteiger partial charge in [0, 0.05) is 11.6 Å². The summed E-state index contributed by atoms with van der Waals surface area (Å²) < 4.78 is 0.522. The van der Waals surface area contributed by atoms with Crippen molar-refractivity contribution in [3.8, 4) is 0 Å². The van der Waals surface area contributed by atoms with Crippen molar-refractivity contribution in [1.82, 2.24) is 0 Å². The highest BCUT2D eigenvalue weighted by atomic mass is 32.2. The standard InChI is InChI=1S/C15H21NOS2/c1-3-11(2)14(17)16-13-7-4-6-12(10-13)15-18-8-5-9-19-15/h4,6-7,10-11,15H,3,5,8-9H2,1-2H3,(H,16,17). The molecule has 1 saturated heterocycles. The molecule has 1 aliphatic heterocycles. The summed E-state index contributed by atoms with van der Waals surface area (Å²) in [6.45, 7) is 4.00. The van der Waals surface area contributed by atoms with E-state index in [9.17, 15) is 4.79 Å². The molecule has 1 atom stereocenters. The Balaban J connectivity index is 2.04. The molecule has 1 fully saturated rings. The number of nitrogens with one attached hydrogen (secondary N) is 1. The molecule has 1 heterocycles. The number of anilines is 1. The van der Waals surface area contributed by atoms with Gasteiger partial charge >= 0.3 is 0 Å². The first-order chi connectivity index (χ1) is 9.20. The zero-order chi connectivity index (χ0) is 13.7.